The third-order valence-electron chi connectivity index (χ3n) is 3.58. The van der Waals surface area contributed by atoms with Crippen molar-refractivity contribution in [3.05, 3.63) is 42.0 Å². The third-order valence-corrected chi connectivity index (χ3v) is 3.58. The lowest BCUT2D eigenvalue weighted by molar-refractivity contribution is -0.125. The van der Waals surface area contributed by atoms with E-state index in [1.54, 1.807) is 17.0 Å². The fourth-order valence-corrected chi connectivity index (χ4v) is 2.58. The summed E-state index contributed by atoms with van der Waals surface area (Å²) in [4.78, 5) is 25.6. The van der Waals surface area contributed by atoms with Gasteiger partial charge in [-0.3, -0.25) is 4.79 Å². The molecule has 1 aliphatic heterocycles. The summed E-state index contributed by atoms with van der Waals surface area (Å²) in [6.07, 6.45) is 0. The Morgan fingerprint density at radius 3 is 2.67 bits per heavy atom. The monoisotopic (exact) mass is 285 g/mol. The summed E-state index contributed by atoms with van der Waals surface area (Å²) in [5, 5.41) is 1.64. The van der Waals surface area contributed by atoms with Crippen LogP contribution in [-0.2, 0) is 14.3 Å². The van der Waals surface area contributed by atoms with E-state index in [9.17, 15) is 9.59 Å². The van der Waals surface area contributed by atoms with Crippen molar-refractivity contribution in [2.24, 2.45) is 0 Å². The molecule has 1 saturated heterocycles. The lowest BCUT2D eigenvalue weighted by atomic mass is 10.0. The highest BCUT2D eigenvalue weighted by Gasteiger charge is 2.23. The van der Waals surface area contributed by atoms with Crippen LogP contribution in [0.1, 0.15) is 10.4 Å². The molecule has 0 bridgehead atoms. The molecular weight excluding hydrogens is 270 g/mol. The quantitative estimate of drug-likeness (QED) is 0.792. The molecule has 5 heteroatoms. The minimum Gasteiger partial charge on any atom is -0.465 e. The molecule has 108 valence electrons. The van der Waals surface area contributed by atoms with Crippen molar-refractivity contribution in [3.63, 3.8) is 0 Å². The zero-order chi connectivity index (χ0) is 14.8. The minimum atomic E-state index is -0.383. The van der Waals surface area contributed by atoms with E-state index in [2.05, 4.69) is 0 Å². The Balaban J connectivity index is 2.17. The first kappa shape index (κ1) is 13.6. The van der Waals surface area contributed by atoms with Gasteiger partial charge in [-0.25, -0.2) is 4.79 Å². The topological polar surface area (TPSA) is 55.8 Å². The van der Waals surface area contributed by atoms with Gasteiger partial charge in [-0.05, 0) is 17.5 Å². The maximum absolute atomic E-state index is 12.0. The molecule has 1 aliphatic rings. The average molecular weight is 285 g/mol. The molecule has 1 heterocycles. The fourth-order valence-electron chi connectivity index (χ4n) is 2.58. The number of nitrogens with zero attached hydrogens (tertiary/aromatic N) is 1. The van der Waals surface area contributed by atoms with Crippen LogP contribution in [0.2, 0.25) is 0 Å². The highest BCUT2D eigenvalue weighted by Crippen LogP contribution is 2.30. The SMILES string of the molecule is COC(=O)c1ccc(N2CCOCC2=O)c2ccccc12. The number of rotatable bonds is 2. The molecule has 2 aromatic rings. The van der Waals surface area contributed by atoms with E-state index in [-0.39, 0.29) is 18.5 Å². The summed E-state index contributed by atoms with van der Waals surface area (Å²) < 4.78 is 9.97. The number of ether oxygens (including phenoxy) is 2. The van der Waals surface area contributed by atoms with Gasteiger partial charge < -0.3 is 14.4 Å². The predicted molar refractivity (Wildman–Crippen MR) is 78.5 cm³/mol. The molecule has 21 heavy (non-hydrogen) atoms. The molecular formula is C16H15NO4. The van der Waals surface area contributed by atoms with E-state index in [0.717, 1.165) is 16.5 Å². The van der Waals surface area contributed by atoms with Crippen molar-refractivity contribution in [1.29, 1.82) is 0 Å². The smallest absolute Gasteiger partial charge is 0.338 e. The van der Waals surface area contributed by atoms with Gasteiger partial charge in [0.2, 0.25) is 0 Å². The van der Waals surface area contributed by atoms with E-state index in [4.69, 9.17) is 9.47 Å². The lowest BCUT2D eigenvalue weighted by Crippen LogP contribution is -2.41. The molecule has 3 rings (SSSR count). The number of esters is 1. The summed E-state index contributed by atoms with van der Waals surface area (Å²) in [7, 11) is 1.36. The van der Waals surface area contributed by atoms with Gasteiger partial charge in [0.15, 0.2) is 0 Å². The van der Waals surface area contributed by atoms with Gasteiger partial charge in [-0.1, -0.05) is 24.3 Å². The van der Waals surface area contributed by atoms with Crippen LogP contribution in [-0.4, -0.2) is 38.7 Å². The van der Waals surface area contributed by atoms with E-state index in [0.29, 0.717) is 18.7 Å². The number of morpholine rings is 1. The first-order valence-electron chi connectivity index (χ1n) is 6.70. The normalized spacial score (nSPS) is 15.3. The summed E-state index contributed by atoms with van der Waals surface area (Å²) in [6, 6.07) is 11.0. The first-order valence-corrected chi connectivity index (χ1v) is 6.70. The van der Waals surface area contributed by atoms with Crippen LogP contribution in [0.3, 0.4) is 0 Å². The molecule has 0 spiro atoms. The largest absolute Gasteiger partial charge is 0.465 e. The van der Waals surface area contributed by atoms with Crippen molar-refractivity contribution in [2.45, 2.75) is 0 Å². The number of methoxy groups -OCH3 is 1. The van der Waals surface area contributed by atoms with E-state index < -0.39 is 0 Å². The van der Waals surface area contributed by atoms with Crippen molar-refractivity contribution in [3.8, 4) is 0 Å². The molecule has 0 aromatic heterocycles. The molecule has 0 aliphatic carbocycles. The van der Waals surface area contributed by atoms with Gasteiger partial charge in [0, 0.05) is 11.9 Å². The number of fused-ring (bicyclic) bond motifs is 1. The van der Waals surface area contributed by atoms with Crippen LogP contribution in [0.4, 0.5) is 5.69 Å². The first-order chi connectivity index (χ1) is 10.2. The highest BCUT2D eigenvalue weighted by atomic mass is 16.5. The molecule has 0 atom stereocenters. The molecule has 0 saturated carbocycles. The molecule has 0 N–H and O–H groups in total. The minimum absolute atomic E-state index is 0.0720. The Kier molecular flexibility index (Phi) is 3.58. The van der Waals surface area contributed by atoms with Crippen LogP contribution in [0.15, 0.2) is 36.4 Å². The van der Waals surface area contributed by atoms with Crippen molar-refractivity contribution in [1.82, 2.24) is 0 Å². The molecule has 0 radical (unpaired) electrons. The standard InChI is InChI=1S/C16H15NO4/c1-20-16(19)13-6-7-14(12-5-3-2-4-11(12)13)17-8-9-21-10-15(17)18/h2-7H,8-10H2,1H3. The Morgan fingerprint density at radius 2 is 1.95 bits per heavy atom. The van der Waals surface area contributed by atoms with Gasteiger partial charge in [0.05, 0.1) is 25.0 Å². The zero-order valence-corrected chi connectivity index (χ0v) is 11.7. The second kappa shape index (κ2) is 5.54. The Labute approximate surface area is 122 Å². The average Bonchev–Trinajstić information content (AvgIpc) is 2.54. The van der Waals surface area contributed by atoms with E-state index >= 15 is 0 Å². The van der Waals surface area contributed by atoms with Crippen LogP contribution < -0.4 is 4.90 Å². The molecule has 0 unspecified atom stereocenters. The van der Waals surface area contributed by atoms with Crippen LogP contribution in [0, 0.1) is 0 Å². The molecule has 1 fully saturated rings. The van der Waals surface area contributed by atoms with Crippen LogP contribution in [0.5, 0.6) is 0 Å². The van der Waals surface area contributed by atoms with Crippen LogP contribution >= 0.6 is 0 Å². The van der Waals surface area contributed by atoms with Crippen molar-refractivity contribution < 1.29 is 19.1 Å². The molecule has 5 nitrogen and oxygen atoms in total. The van der Waals surface area contributed by atoms with Crippen molar-refractivity contribution in [2.75, 3.05) is 31.8 Å². The van der Waals surface area contributed by atoms with Gasteiger partial charge >= 0.3 is 5.97 Å². The number of carbonyl (C=O) groups excluding carboxylic acids is 2. The van der Waals surface area contributed by atoms with E-state index in [1.807, 2.05) is 24.3 Å². The van der Waals surface area contributed by atoms with Crippen LogP contribution in [0.25, 0.3) is 10.8 Å². The third kappa shape index (κ3) is 2.36. The van der Waals surface area contributed by atoms with Gasteiger partial charge in [0.1, 0.15) is 6.61 Å². The van der Waals surface area contributed by atoms with Gasteiger partial charge in [-0.2, -0.15) is 0 Å². The Bertz CT molecular complexity index is 710. The maximum Gasteiger partial charge on any atom is 0.338 e. The van der Waals surface area contributed by atoms with Crippen molar-refractivity contribution >= 4 is 28.3 Å². The number of benzene rings is 2. The molecule has 2 aromatic carbocycles. The zero-order valence-electron chi connectivity index (χ0n) is 11.7. The Morgan fingerprint density at radius 1 is 1.19 bits per heavy atom. The lowest BCUT2D eigenvalue weighted by Gasteiger charge is -2.28. The fraction of sp³-hybridized carbons (Fsp3) is 0.250. The molecule has 1 amide bonds. The number of hydrogen-bond acceptors (Lipinski definition) is 4. The highest BCUT2D eigenvalue weighted by molar-refractivity contribution is 6.11. The second-order valence-corrected chi connectivity index (χ2v) is 4.77. The number of hydrogen-bond donors (Lipinski definition) is 0. The van der Waals surface area contributed by atoms with E-state index in [1.165, 1.54) is 7.11 Å². The van der Waals surface area contributed by atoms with Gasteiger partial charge in [-0.15, -0.1) is 0 Å². The summed E-state index contributed by atoms with van der Waals surface area (Å²) in [5.74, 6) is -0.455. The summed E-state index contributed by atoms with van der Waals surface area (Å²) in [5.41, 5.74) is 1.30. The number of anilines is 1. The number of carbonyl (C=O) groups is 2. The maximum atomic E-state index is 12.0. The second-order valence-electron chi connectivity index (χ2n) is 4.77. The summed E-state index contributed by atoms with van der Waals surface area (Å²) >= 11 is 0. The Hall–Kier alpha value is -2.40. The predicted octanol–water partition coefficient (Wildman–Crippen LogP) is 1.99. The number of amides is 1. The summed E-state index contributed by atoms with van der Waals surface area (Å²) in [6.45, 7) is 1.12. The van der Waals surface area contributed by atoms with Gasteiger partial charge in [0.25, 0.3) is 5.91 Å².